The molecule has 21 heavy (non-hydrogen) atoms. The number of nitrogens with zero attached hydrogens (tertiary/aromatic N) is 1. The van der Waals surface area contributed by atoms with Crippen LogP contribution in [0.15, 0.2) is 6.20 Å². The first kappa shape index (κ1) is 18.3. The molecule has 1 rings (SSSR count). The van der Waals surface area contributed by atoms with Gasteiger partial charge in [0.2, 0.25) is 0 Å². The molecule has 0 fully saturated rings. The number of hydrogen-bond acceptors (Lipinski definition) is 1. The maximum absolute atomic E-state index is 3.86. The van der Waals surface area contributed by atoms with Crippen molar-refractivity contribution < 1.29 is 0 Å². The molecule has 1 aromatic heterocycles. The van der Waals surface area contributed by atoms with Crippen LogP contribution in [-0.2, 0) is 6.42 Å². The number of aryl methyl sites for hydroxylation is 1. The van der Waals surface area contributed by atoms with E-state index in [9.17, 15) is 0 Å². The zero-order chi connectivity index (χ0) is 15.0. The van der Waals surface area contributed by atoms with Crippen LogP contribution in [0.3, 0.4) is 0 Å². The van der Waals surface area contributed by atoms with Gasteiger partial charge in [-0.2, -0.15) is 5.10 Å². The standard InChI is InChI=1S/C19H35N2/c1-2-3-4-5-6-7-8-9-10-11-12-13-14-15-16-19-17-20-21-18-19/h17H,2-16H2,1H3,(H,20,21). The van der Waals surface area contributed by atoms with E-state index in [1.165, 1.54) is 95.5 Å². The summed E-state index contributed by atoms with van der Waals surface area (Å²) in [4.78, 5) is 0. The Morgan fingerprint density at radius 2 is 1.24 bits per heavy atom. The molecule has 0 spiro atoms. The van der Waals surface area contributed by atoms with Crippen LogP contribution >= 0.6 is 0 Å². The largest absolute Gasteiger partial charge is 0.285 e. The van der Waals surface area contributed by atoms with Crippen molar-refractivity contribution in [1.82, 2.24) is 10.2 Å². The molecule has 1 heterocycles. The molecule has 2 heteroatoms. The van der Waals surface area contributed by atoms with E-state index in [0.29, 0.717) is 0 Å². The number of nitrogens with one attached hydrogen (secondary N) is 1. The molecule has 2 nitrogen and oxygen atoms in total. The monoisotopic (exact) mass is 291 g/mol. The Labute approximate surface area is 132 Å². The summed E-state index contributed by atoms with van der Waals surface area (Å²) in [6.07, 6.45) is 26.0. The average molecular weight is 292 g/mol. The second-order valence-corrected chi connectivity index (χ2v) is 6.37. The SMILES string of the molecule is CCCCCCCCCCCCCCCCc1[c]n[nH]c1. The summed E-state index contributed by atoms with van der Waals surface area (Å²) in [7, 11) is 0. The molecule has 1 aromatic rings. The summed E-state index contributed by atoms with van der Waals surface area (Å²) >= 11 is 0. The number of H-pyrrole nitrogens is 1. The number of hydrogen-bond donors (Lipinski definition) is 1. The maximum atomic E-state index is 3.86. The summed E-state index contributed by atoms with van der Waals surface area (Å²) in [5.74, 6) is 0. The molecular weight excluding hydrogens is 256 g/mol. The Kier molecular flexibility index (Phi) is 12.3. The number of aromatic amines is 1. The van der Waals surface area contributed by atoms with Crippen molar-refractivity contribution in [2.24, 2.45) is 0 Å². The molecule has 0 saturated heterocycles. The molecule has 0 aliphatic carbocycles. The molecule has 0 atom stereocenters. The van der Waals surface area contributed by atoms with Crippen molar-refractivity contribution in [1.29, 1.82) is 0 Å². The van der Waals surface area contributed by atoms with Crippen LogP contribution in [0, 0.1) is 6.20 Å². The van der Waals surface area contributed by atoms with Gasteiger partial charge in [-0.3, -0.25) is 5.10 Å². The maximum Gasteiger partial charge on any atom is 0.116 e. The van der Waals surface area contributed by atoms with Crippen molar-refractivity contribution in [2.45, 2.75) is 103 Å². The first-order valence-electron chi connectivity index (χ1n) is 9.34. The Bertz CT molecular complexity index is 293. The molecular formula is C19H35N2. The van der Waals surface area contributed by atoms with E-state index in [4.69, 9.17) is 0 Å². The quantitative estimate of drug-likeness (QED) is 0.381. The third kappa shape index (κ3) is 11.5. The van der Waals surface area contributed by atoms with Gasteiger partial charge in [-0.15, -0.1) is 0 Å². The van der Waals surface area contributed by atoms with Crippen LogP contribution in [-0.4, -0.2) is 10.2 Å². The van der Waals surface area contributed by atoms with Crippen LogP contribution < -0.4 is 0 Å². The van der Waals surface area contributed by atoms with Crippen LogP contribution in [0.4, 0.5) is 0 Å². The Morgan fingerprint density at radius 3 is 1.67 bits per heavy atom. The third-order valence-electron chi connectivity index (χ3n) is 4.30. The minimum atomic E-state index is 1.13. The number of aromatic nitrogens is 2. The van der Waals surface area contributed by atoms with Crippen molar-refractivity contribution in [3.8, 4) is 0 Å². The van der Waals surface area contributed by atoms with Gasteiger partial charge >= 0.3 is 0 Å². The lowest BCUT2D eigenvalue weighted by Gasteiger charge is -2.03. The van der Waals surface area contributed by atoms with Gasteiger partial charge in [0, 0.05) is 6.20 Å². The second kappa shape index (κ2) is 14.2. The van der Waals surface area contributed by atoms with Crippen LogP contribution in [0.1, 0.15) is 102 Å². The van der Waals surface area contributed by atoms with Gasteiger partial charge in [0.05, 0.1) is 0 Å². The van der Waals surface area contributed by atoms with Gasteiger partial charge < -0.3 is 0 Å². The van der Waals surface area contributed by atoms with E-state index < -0.39 is 0 Å². The molecule has 0 aliphatic heterocycles. The minimum absolute atomic E-state index is 1.13. The smallest absolute Gasteiger partial charge is 0.116 e. The molecule has 121 valence electrons. The van der Waals surface area contributed by atoms with Gasteiger partial charge in [0.15, 0.2) is 0 Å². The van der Waals surface area contributed by atoms with Crippen molar-refractivity contribution in [2.75, 3.05) is 0 Å². The highest BCUT2D eigenvalue weighted by Gasteiger charge is 1.96. The predicted octanol–water partition coefficient (Wildman–Crippen LogP) is 6.23. The van der Waals surface area contributed by atoms with Gasteiger partial charge in [0.25, 0.3) is 0 Å². The van der Waals surface area contributed by atoms with Gasteiger partial charge in [0.1, 0.15) is 6.20 Å². The summed E-state index contributed by atoms with van der Waals surface area (Å²) in [6, 6.07) is 0. The van der Waals surface area contributed by atoms with E-state index in [-0.39, 0.29) is 0 Å². The van der Waals surface area contributed by atoms with E-state index in [2.05, 4.69) is 23.3 Å². The molecule has 0 amide bonds. The average Bonchev–Trinajstić information content (AvgIpc) is 3.01. The molecule has 0 bridgehead atoms. The van der Waals surface area contributed by atoms with E-state index in [1.54, 1.807) is 0 Å². The zero-order valence-electron chi connectivity index (χ0n) is 14.1. The molecule has 0 aliphatic rings. The Balaban J connectivity index is 1.69. The van der Waals surface area contributed by atoms with Gasteiger partial charge in [-0.1, -0.05) is 90.4 Å². The molecule has 1 radical (unpaired) electrons. The summed E-state index contributed by atoms with van der Waals surface area (Å²) in [6.45, 7) is 2.29. The number of unbranched alkanes of at least 4 members (excludes halogenated alkanes) is 13. The van der Waals surface area contributed by atoms with Crippen molar-refractivity contribution in [3.05, 3.63) is 18.0 Å². The first-order valence-corrected chi connectivity index (χ1v) is 9.34. The van der Waals surface area contributed by atoms with Crippen LogP contribution in [0.2, 0.25) is 0 Å². The Hall–Kier alpha value is -0.790. The molecule has 0 aromatic carbocycles. The zero-order valence-corrected chi connectivity index (χ0v) is 14.1. The van der Waals surface area contributed by atoms with E-state index in [0.717, 1.165) is 6.42 Å². The minimum Gasteiger partial charge on any atom is -0.285 e. The lowest BCUT2D eigenvalue weighted by atomic mass is 10.0. The fourth-order valence-electron chi connectivity index (χ4n) is 2.88. The summed E-state index contributed by atoms with van der Waals surface area (Å²) in [5, 5.41) is 6.68. The number of rotatable bonds is 15. The molecule has 0 unspecified atom stereocenters. The summed E-state index contributed by atoms with van der Waals surface area (Å²) in [5.41, 5.74) is 1.23. The normalized spacial score (nSPS) is 11.1. The fraction of sp³-hybridized carbons (Fsp3) is 0.842. The summed E-state index contributed by atoms with van der Waals surface area (Å²) < 4.78 is 0. The highest BCUT2D eigenvalue weighted by Crippen LogP contribution is 2.13. The van der Waals surface area contributed by atoms with Crippen LogP contribution in [0.5, 0.6) is 0 Å². The van der Waals surface area contributed by atoms with E-state index in [1.807, 2.05) is 6.20 Å². The van der Waals surface area contributed by atoms with Gasteiger partial charge in [-0.25, -0.2) is 0 Å². The lowest BCUT2D eigenvalue weighted by Crippen LogP contribution is -1.85. The topological polar surface area (TPSA) is 28.7 Å². The second-order valence-electron chi connectivity index (χ2n) is 6.37. The first-order chi connectivity index (χ1) is 10.4. The van der Waals surface area contributed by atoms with Crippen molar-refractivity contribution >= 4 is 0 Å². The highest BCUT2D eigenvalue weighted by atomic mass is 15.1. The fourth-order valence-corrected chi connectivity index (χ4v) is 2.88. The third-order valence-corrected chi connectivity index (χ3v) is 4.30. The predicted molar refractivity (Wildman–Crippen MR) is 91.4 cm³/mol. The Morgan fingerprint density at radius 1 is 0.762 bits per heavy atom. The highest BCUT2D eigenvalue weighted by molar-refractivity contribution is 5.00. The van der Waals surface area contributed by atoms with Gasteiger partial charge in [-0.05, 0) is 18.4 Å². The molecule has 0 saturated carbocycles. The van der Waals surface area contributed by atoms with Crippen LogP contribution in [0.25, 0.3) is 0 Å². The van der Waals surface area contributed by atoms with E-state index >= 15 is 0 Å². The molecule has 1 N–H and O–H groups in total. The van der Waals surface area contributed by atoms with Crippen molar-refractivity contribution in [3.63, 3.8) is 0 Å². The lowest BCUT2D eigenvalue weighted by molar-refractivity contribution is 0.535.